The highest BCUT2D eigenvalue weighted by Gasteiger charge is 2.22. The highest BCUT2D eigenvalue weighted by molar-refractivity contribution is 6.08. The summed E-state index contributed by atoms with van der Waals surface area (Å²) in [7, 11) is 3.14. The van der Waals surface area contributed by atoms with E-state index in [0.717, 1.165) is 5.56 Å². The van der Waals surface area contributed by atoms with Gasteiger partial charge in [-0.3, -0.25) is 9.59 Å². The summed E-state index contributed by atoms with van der Waals surface area (Å²) in [6.45, 7) is 7.35. The zero-order valence-corrected chi connectivity index (χ0v) is 19.3. The molecule has 0 saturated carbocycles. The zero-order chi connectivity index (χ0) is 23.5. The van der Waals surface area contributed by atoms with E-state index in [2.05, 4.69) is 10.6 Å². The molecule has 2 amide bonds. The van der Waals surface area contributed by atoms with Crippen molar-refractivity contribution < 1.29 is 19.1 Å². The molecule has 0 bridgehead atoms. The normalized spacial score (nSPS) is 12.2. The number of amides is 2. The van der Waals surface area contributed by atoms with Gasteiger partial charge in [-0.05, 0) is 58.0 Å². The monoisotopic (exact) mass is 435 g/mol. The number of carbonyl (C=O) groups excluding carboxylic acids is 2. The van der Waals surface area contributed by atoms with Gasteiger partial charge in [0.05, 0.1) is 31.0 Å². The van der Waals surface area contributed by atoms with Gasteiger partial charge in [0.15, 0.2) is 11.5 Å². The zero-order valence-electron chi connectivity index (χ0n) is 19.3. The fraction of sp³-hybridized carbons (Fsp3) is 0.320. The smallest absolute Gasteiger partial charge is 0.252 e. The molecule has 168 valence electrons. The van der Waals surface area contributed by atoms with E-state index in [0.29, 0.717) is 33.7 Å². The number of fused-ring (bicyclic) bond motifs is 1. The van der Waals surface area contributed by atoms with Crippen LogP contribution < -0.4 is 20.1 Å². The van der Waals surface area contributed by atoms with Crippen LogP contribution in [0.15, 0.2) is 48.5 Å². The maximum Gasteiger partial charge on any atom is 0.252 e. The van der Waals surface area contributed by atoms with Crippen molar-refractivity contribution in [1.29, 1.82) is 0 Å². The van der Waals surface area contributed by atoms with Crippen LogP contribution in [-0.2, 0) is 4.79 Å². The number of para-hydroxylation sites is 1. The van der Waals surface area contributed by atoms with Crippen molar-refractivity contribution in [2.75, 3.05) is 14.2 Å². The summed E-state index contributed by atoms with van der Waals surface area (Å²) in [5.41, 5.74) is 2.12. The number of methoxy groups -OCH3 is 2. The summed E-state index contributed by atoms with van der Waals surface area (Å²) in [5.74, 6) is 0.582. The molecule has 0 radical (unpaired) electrons. The molecule has 0 spiro atoms. The summed E-state index contributed by atoms with van der Waals surface area (Å²) in [4.78, 5) is 30.4. The molecule has 3 rings (SSSR count). The second-order valence-electron chi connectivity index (χ2n) is 8.58. The van der Waals surface area contributed by atoms with Gasteiger partial charge in [0.25, 0.3) is 5.91 Å². The quantitative estimate of drug-likeness (QED) is 0.612. The molecule has 7 heteroatoms. The van der Waals surface area contributed by atoms with E-state index in [1.165, 1.54) is 0 Å². The second-order valence-corrected chi connectivity index (χ2v) is 8.58. The SMILES string of the molecule is COc1ccc(-c2cc(C(=O)NC(C)C(=O)NC(C)(C)C)c3ccccc3n2)cc1OC. The summed E-state index contributed by atoms with van der Waals surface area (Å²) in [5, 5.41) is 6.39. The van der Waals surface area contributed by atoms with Crippen molar-refractivity contribution in [2.45, 2.75) is 39.3 Å². The average Bonchev–Trinajstić information content (AvgIpc) is 2.76. The van der Waals surface area contributed by atoms with E-state index < -0.39 is 6.04 Å². The molecule has 1 atom stereocenters. The first-order valence-corrected chi connectivity index (χ1v) is 10.4. The Balaban J connectivity index is 2.00. The Hall–Kier alpha value is -3.61. The minimum atomic E-state index is -0.696. The van der Waals surface area contributed by atoms with Crippen LogP contribution in [0.3, 0.4) is 0 Å². The number of nitrogens with one attached hydrogen (secondary N) is 2. The topological polar surface area (TPSA) is 89.5 Å². The molecule has 2 N–H and O–H groups in total. The lowest BCUT2D eigenvalue weighted by Crippen LogP contribution is -2.50. The fourth-order valence-corrected chi connectivity index (χ4v) is 3.32. The Labute approximate surface area is 188 Å². The van der Waals surface area contributed by atoms with Crippen LogP contribution in [-0.4, -0.2) is 42.6 Å². The third-order valence-corrected chi connectivity index (χ3v) is 4.88. The first-order valence-electron chi connectivity index (χ1n) is 10.4. The number of ether oxygens (including phenoxy) is 2. The van der Waals surface area contributed by atoms with Gasteiger partial charge in [-0.1, -0.05) is 18.2 Å². The molecule has 0 fully saturated rings. The van der Waals surface area contributed by atoms with Crippen molar-refractivity contribution in [3.8, 4) is 22.8 Å². The molecule has 3 aromatic rings. The molecule has 32 heavy (non-hydrogen) atoms. The van der Waals surface area contributed by atoms with Crippen molar-refractivity contribution in [3.05, 3.63) is 54.1 Å². The Bertz CT molecular complexity index is 1150. The molecular weight excluding hydrogens is 406 g/mol. The highest BCUT2D eigenvalue weighted by Crippen LogP contribution is 2.33. The predicted molar refractivity (Wildman–Crippen MR) is 125 cm³/mol. The molecule has 1 unspecified atom stereocenters. The Morgan fingerprint density at radius 2 is 1.66 bits per heavy atom. The number of hydrogen-bond donors (Lipinski definition) is 2. The van der Waals surface area contributed by atoms with Gasteiger partial charge in [-0.15, -0.1) is 0 Å². The van der Waals surface area contributed by atoms with E-state index in [4.69, 9.17) is 14.5 Å². The van der Waals surface area contributed by atoms with Gasteiger partial charge in [-0.25, -0.2) is 4.98 Å². The van der Waals surface area contributed by atoms with Gasteiger partial charge in [0, 0.05) is 16.5 Å². The second kappa shape index (κ2) is 9.26. The molecule has 0 aliphatic heterocycles. The first kappa shape index (κ1) is 23.1. The third-order valence-electron chi connectivity index (χ3n) is 4.88. The molecule has 7 nitrogen and oxygen atoms in total. The average molecular weight is 436 g/mol. The number of benzene rings is 2. The first-order chi connectivity index (χ1) is 15.1. The largest absolute Gasteiger partial charge is 0.493 e. The van der Waals surface area contributed by atoms with Crippen LogP contribution in [0.2, 0.25) is 0 Å². The number of pyridine rings is 1. The van der Waals surface area contributed by atoms with Gasteiger partial charge in [0.2, 0.25) is 5.91 Å². The minimum Gasteiger partial charge on any atom is -0.493 e. The van der Waals surface area contributed by atoms with E-state index in [1.54, 1.807) is 33.3 Å². The molecule has 0 aliphatic carbocycles. The van der Waals surface area contributed by atoms with E-state index in [1.807, 2.05) is 57.2 Å². The van der Waals surface area contributed by atoms with Crippen LogP contribution >= 0.6 is 0 Å². The summed E-state index contributed by atoms with van der Waals surface area (Å²) in [6.07, 6.45) is 0. The van der Waals surface area contributed by atoms with Gasteiger partial charge >= 0.3 is 0 Å². The molecular formula is C25H29N3O4. The summed E-state index contributed by atoms with van der Waals surface area (Å²) < 4.78 is 10.7. The molecule has 0 aliphatic rings. The maximum atomic E-state index is 13.2. The Morgan fingerprint density at radius 3 is 2.31 bits per heavy atom. The lowest BCUT2D eigenvalue weighted by molar-refractivity contribution is -0.124. The molecule has 2 aromatic carbocycles. The predicted octanol–water partition coefficient (Wildman–Crippen LogP) is 3.95. The molecule has 0 saturated heterocycles. The van der Waals surface area contributed by atoms with Gasteiger partial charge in [-0.2, -0.15) is 0 Å². The summed E-state index contributed by atoms with van der Waals surface area (Å²) in [6, 6.07) is 13.9. The third kappa shape index (κ3) is 5.17. The number of aromatic nitrogens is 1. The van der Waals surface area contributed by atoms with Crippen molar-refractivity contribution >= 4 is 22.7 Å². The van der Waals surface area contributed by atoms with E-state index in [9.17, 15) is 9.59 Å². The fourth-order valence-electron chi connectivity index (χ4n) is 3.32. The van der Waals surface area contributed by atoms with Crippen LogP contribution in [0.4, 0.5) is 0 Å². The maximum absolute atomic E-state index is 13.2. The molecule has 1 heterocycles. The van der Waals surface area contributed by atoms with E-state index >= 15 is 0 Å². The Morgan fingerprint density at radius 1 is 0.969 bits per heavy atom. The Kier molecular flexibility index (Phi) is 6.67. The number of rotatable bonds is 6. The summed E-state index contributed by atoms with van der Waals surface area (Å²) >= 11 is 0. The highest BCUT2D eigenvalue weighted by atomic mass is 16.5. The lowest BCUT2D eigenvalue weighted by atomic mass is 10.0. The number of nitrogens with zero attached hydrogens (tertiary/aromatic N) is 1. The van der Waals surface area contributed by atoms with Crippen LogP contribution in [0.5, 0.6) is 11.5 Å². The minimum absolute atomic E-state index is 0.246. The van der Waals surface area contributed by atoms with Crippen LogP contribution in [0, 0.1) is 0 Å². The lowest BCUT2D eigenvalue weighted by Gasteiger charge is -2.23. The number of carbonyl (C=O) groups is 2. The van der Waals surface area contributed by atoms with Crippen molar-refractivity contribution in [2.24, 2.45) is 0 Å². The van der Waals surface area contributed by atoms with E-state index in [-0.39, 0.29) is 17.4 Å². The van der Waals surface area contributed by atoms with Crippen LogP contribution in [0.1, 0.15) is 38.1 Å². The number of hydrogen-bond acceptors (Lipinski definition) is 5. The van der Waals surface area contributed by atoms with Crippen LogP contribution in [0.25, 0.3) is 22.2 Å². The van der Waals surface area contributed by atoms with Gasteiger partial charge in [0.1, 0.15) is 6.04 Å². The standard InChI is InChI=1S/C25H29N3O4/c1-15(23(29)28-25(2,3)4)26-24(30)18-14-20(27-19-10-8-7-9-17(18)19)16-11-12-21(31-5)22(13-16)32-6/h7-15H,1-6H3,(H,26,30)(H,28,29). The molecule has 1 aromatic heterocycles. The van der Waals surface area contributed by atoms with Gasteiger partial charge < -0.3 is 20.1 Å². The van der Waals surface area contributed by atoms with Crippen molar-refractivity contribution in [3.63, 3.8) is 0 Å². The van der Waals surface area contributed by atoms with Crippen molar-refractivity contribution in [1.82, 2.24) is 15.6 Å².